The van der Waals surface area contributed by atoms with E-state index in [1.54, 1.807) is 12.0 Å². The first kappa shape index (κ1) is 14.0. The molecule has 1 aromatic rings. The van der Waals surface area contributed by atoms with Gasteiger partial charge < -0.3 is 9.64 Å². The summed E-state index contributed by atoms with van der Waals surface area (Å²) in [6, 6.07) is 7.80. The lowest BCUT2D eigenvalue weighted by Crippen LogP contribution is -2.33. The van der Waals surface area contributed by atoms with Crippen molar-refractivity contribution in [3.63, 3.8) is 0 Å². The highest BCUT2D eigenvalue weighted by molar-refractivity contribution is 6.29. The van der Waals surface area contributed by atoms with Crippen LogP contribution in [0.2, 0.25) is 0 Å². The standard InChI is InChI=1S/C13H18ClNO2/c1-11-6-3-4-7-12(11)15(13(16)10-14)8-5-9-17-2/h3-4,6-7H,5,8-10H2,1-2H3. The maximum absolute atomic E-state index is 11.8. The highest BCUT2D eigenvalue weighted by Gasteiger charge is 2.15. The zero-order chi connectivity index (χ0) is 12.7. The SMILES string of the molecule is COCCCN(C(=O)CCl)c1ccccc1C. The number of ether oxygens (including phenoxy) is 1. The largest absolute Gasteiger partial charge is 0.385 e. The Morgan fingerprint density at radius 2 is 2.12 bits per heavy atom. The second-order valence-corrected chi connectivity index (χ2v) is 4.08. The van der Waals surface area contributed by atoms with Crippen molar-refractivity contribution in [3.05, 3.63) is 29.8 Å². The molecule has 1 aromatic carbocycles. The number of carbonyl (C=O) groups is 1. The lowest BCUT2D eigenvalue weighted by molar-refractivity contribution is -0.116. The van der Waals surface area contributed by atoms with Crippen molar-refractivity contribution in [3.8, 4) is 0 Å². The monoisotopic (exact) mass is 255 g/mol. The van der Waals surface area contributed by atoms with E-state index in [0.717, 1.165) is 17.7 Å². The lowest BCUT2D eigenvalue weighted by atomic mass is 10.1. The molecule has 1 amide bonds. The first-order valence-electron chi connectivity index (χ1n) is 5.61. The number of rotatable bonds is 6. The molecule has 0 aliphatic heterocycles. The van der Waals surface area contributed by atoms with Crippen LogP contribution in [0.5, 0.6) is 0 Å². The molecule has 3 nitrogen and oxygen atoms in total. The van der Waals surface area contributed by atoms with Crippen molar-refractivity contribution >= 4 is 23.2 Å². The number of anilines is 1. The zero-order valence-electron chi connectivity index (χ0n) is 10.3. The second kappa shape index (κ2) is 7.30. The molecule has 0 atom stereocenters. The average molecular weight is 256 g/mol. The maximum atomic E-state index is 11.8. The van der Waals surface area contributed by atoms with Gasteiger partial charge >= 0.3 is 0 Å². The van der Waals surface area contributed by atoms with E-state index in [1.165, 1.54) is 0 Å². The van der Waals surface area contributed by atoms with Gasteiger partial charge in [-0.1, -0.05) is 18.2 Å². The molecule has 0 saturated heterocycles. The third kappa shape index (κ3) is 4.02. The van der Waals surface area contributed by atoms with Gasteiger partial charge in [-0.25, -0.2) is 0 Å². The molecule has 0 spiro atoms. The Balaban J connectivity index is 2.82. The van der Waals surface area contributed by atoms with E-state index in [-0.39, 0.29) is 11.8 Å². The lowest BCUT2D eigenvalue weighted by Gasteiger charge is -2.23. The second-order valence-electron chi connectivity index (χ2n) is 3.81. The van der Waals surface area contributed by atoms with E-state index in [1.807, 2.05) is 31.2 Å². The van der Waals surface area contributed by atoms with Gasteiger partial charge in [0.05, 0.1) is 0 Å². The molecule has 4 heteroatoms. The molecule has 0 aliphatic rings. The highest BCUT2D eigenvalue weighted by atomic mass is 35.5. The zero-order valence-corrected chi connectivity index (χ0v) is 11.0. The summed E-state index contributed by atoms with van der Waals surface area (Å²) in [7, 11) is 1.65. The summed E-state index contributed by atoms with van der Waals surface area (Å²) in [5.74, 6) is -0.0709. The Hall–Kier alpha value is -1.06. The van der Waals surface area contributed by atoms with Crippen LogP contribution in [-0.2, 0) is 9.53 Å². The molecule has 94 valence electrons. The topological polar surface area (TPSA) is 29.5 Å². The minimum absolute atomic E-state index is 0.00131. The fraction of sp³-hybridized carbons (Fsp3) is 0.462. The predicted octanol–water partition coefficient (Wildman–Crippen LogP) is 2.60. The molecular weight excluding hydrogens is 238 g/mol. The number of alkyl halides is 1. The molecule has 0 fully saturated rings. The van der Waals surface area contributed by atoms with Gasteiger partial charge in [0.1, 0.15) is 5.88 Å². The van der Waals surface area contributed by atoms with Gasteiger partial charge in [0.25, 0.3) is 0 Å². The number of hydrogen-bond acceptors (Lipinski definition) is 2. The van der Waals surface area contributed by atoms with E-state index in [4.69, 9.17) is 16.3 Å². The summed E-state index contributed by atoms with van der Waals surface area (Å²) in [5, 5.41) is 0. The molecule has 17 heavy (non-hydrogen) atoms. The quantitative estimate of drug-likeness (QED) is 0.578. The molecular formula is C13H18ClNO2. The first-order valence-corrected chi connectivity index (χ1v) is 6.15. The van der Waals surface area contributed by atoms with Crippen LogP contribution in [0, 0.1) is 6.92 Å². The predicted molar refractivity (Wildman–Crippen MR) is 70.7 cm³/mol. The van der Waals surface area contributed by atoms with Crippen LogP contribution < -0.4 is 4.90 Å². The summed E-state index contributed by atoms with van der Waals surface area (Å²) in [5.41, 5.74) is 2.00. The van der Waals surface area contributed by atoms with Gasteiger partial charge in [-0.15, -0.1) is 11.6 Å². The van der Waals surface area contributed by atoms with Gasteiger partial charge in [0.2, 0.25) is 5.91 Å². The summed E-state index contributed by atoms with van der Waals surface area (Å²) < 4.78 is 5.00. The van der Waals surface area contributed by atoms with Crippen molar-refractivity contribution in [1.29, 1.82) is 0 Å². The molecule has 0 saturated carbocycles. The summed E-state index contributed by atoms with van der Waals surface area (Å²) in [6.45, 7) is 3.25. The third-order valence-electron chi connectivity index (χ3n) is 2.55. The van der Waals surface area contributed by atoms with Crippen LogP contribution in [0.1, 0.15) is 12.0 Å². The van der Waals surface area contributed by atoms with Gasteiger partial charge in [-0.05, 0) is 25.0 Å². The molecule has 0 heterocycles. The molecule has 0 radical (unpaired) electrons. The van der Waals surface area contributed by atoms with E-state index >= 15 is 0 Å². The maximum Gasteiger partial charge on any atom is 0.241 e. The van der Waals surface area contributed by atoms with E-state index < -0.39 is 0 Å². The number of para-hydroxylation sites is 1. The first-order chi connectivity index (χ1) is 8.20. The number of methoxy groups -OCH3 is 1. The van der Waals surface area contributed by atoms with Crippen LogP contribution in [0.15, 0.2) is 24.3 Å². The van der Waals surface area contributed by atoms with Crippen molar-refractivity contribution in [2.45, 2.75) is 13.3 Å². The van der Waals surface area contributed by atoms with E-state index in [2.05, 4.69) is 0 Å². The van der Waals surface area contributed by atoms with Crippen LogP contribution in [-0.4, -0.2) is 32.0 Å². The minimum atomic E-state index is -0.0722. The van der Waals surface area contributed by atoms with Crippen LogP contribution in [0.25, 0.3) is 0 Å². The normalized spacial score (nSPS) is 10.3. The highest BCUT2D eigenvalue weighted by Crippen LogP contribution is 2.20. The Labute approximate surface area is 107 Å². The van der Waals surface area contributed by atoms with Gasteiger partial charge in [-0.3, -0.25) is 4.79 Å². The number of halogens is 1. The van der Waals surface area contributed by atoms with E-state index in [9.17, 15) is 4.79 Å². The van der Waals surface area contributed by atoms with Crippen LogP contribution in [0.3, 0.4) is 0 Å². The number of carbonyl (C=O) groups excluding carboxylic acids is 1. The number of nitrogens with zero attached hydrogens (tertiary/aromatic N) is 1. The van der Waals surface area contributed by atoms with Crippen molar-refractivity contribution in [1.82, 2.24) is 0 Å². The molecule has 0 bridgehead atoms. The smallest absolute Gasteiger partial charge is 0.241 e. The summed E-state index contributed by atoms with van der Waals surface area (Å²) in [4.78, 5) is 13.5. The summed E-state index contributed by atoms with van der Waals surface area (Å²) in [6.07, 6.45) is 0.799. The molecule has 0 aromatic heterocycles. The molecule has 1 rings (SSSR count). The van der Waals surface area contributed by atoms with Gasteiger partial charge in [0, 0.05) is 25.9 Å². The van der Waals surface area contributed by atoms with Crippen molar-refractivity contribution in [2.75, 3.05) is 31.0 Å². The van der Waals surface area contributed by atoms with Crippen LogP contribution in [0.4, 0.5) is 5.69 Å². The molecule has 0 N–H and O–H groups in total. The van der Waals surface area contributed by atoms with Gasteiger partial charge in [0.15, 0.2) is 0 Å². The Morgan fingerprint density at radius 3 is 2.71 bits per heavy atom. The van der Waals surface area contributed by atoms with E-state index in [0.29, 0.717) is 13.2 Å². The number of amides is 1. The number of aryl methyl sites for hydroxylation is 1. The number of hydrogen-bond donors (Lipinski definition) is 0. The minimum Gasteiger partial charge on any atom is -0.385 e. The van der Waals surface area contributed by atoms with Crippen molar-refractivity contribution < 1.29 is 9.53 Å². The Morgan fingerprint density at radius 1 is 1.41 bits per heavy atom. The van der Waals surface area contributed by atoms with Crippen molar-refractivity contribution in [2.24, 2.45) is 0 Å². The fourth-order valence-corrected chi connectivity index (χ4v) is 1.83. The molecule has 0 aliphatic carbocycles. The van der Waals surface area contributed by atoms with Gasteiger partial charge in [-0.2, -0.15) is 0 Å². The average Bonchev–Trinajstić information content (AvgIpc) is 2.35. The summed E-state index contributed by atoms with van der Waals surface area (Å²) >= 11 is 5.64. The number of benzene rings is 1. The Kier molecular flexibility index (Phi) is 6.01. The Bertz CT molecular complexity index is 368. The fourth-order valence-electron chi connectivity index (χ4n) is 1.68. The molecule has 0 unspecified atom stereocenters. The third-order valence-corrected chi connectivity index (χ3v) is 2.78. The van der Waals surface area contributed by atoms with Crippen LogP contribution >= 0.6 is 11.6 Å².